The smallest absolute Gasteiger partial charge is 0.166 e. The number of nitrogens with zero attached hydrogens (tertiary/aromatic N) is 1. The van der Waals surface area contributed by atoms with E-state index >= 15 is 0 Å². The van der Waals surface area contributed by atoms with Gasteiger partial charge in [-0.1, -0.05) is 19.3 Å². The van der Waals surface area contributed by atoms with Crippen molar-refractivity contribution >= 4 is 17.3 Å². The van der Waals surface area contributed by atoms with Gasteiger partial charge in [-0.3, -0.25) is 4.90 Å². The highest BCUT2D eigenvalue weighted by atomic mass is 32.1. The minimum Gasteiger partial charge on any atom is -0.361 e. The zero-order valence-corrected chi connectivity index (χ0v) is 13.6. The van der Waals surface area contributed by atoms with Crippen molar-refractivity contribution in [3.63, 3.8) is 0 Å². The van der Waals surface area contributed by atoms with Crippen LogP contribution in [0.2, 0.25) is 0 Å². The number of terminal acetylenes is 1. The van der Waals surface area contributed by atoms with E-state index in [1.807, 2.05) is 0 Å². The second-order valence-corrected chi connectivity index (χ2v) is 7.30. The van der Waals surface area contributed by atoms with E-state index in [1.54, 1.807) is 0 Å². The number of thiocarbonyl (C=S) groups is 1. The van der Waals surface area contributed by atoms with Crippen LogP contribution in [-0.4, -0.2) is 41.7 Å². The Morgan fingerprint density at radius 3 is 2.71 bits per heavy atom. The van der Waals surface area contributed by atoms with Gasteiger partial charge in [0.2, 0.25) is 0 Å². The Morgan fingerprint density at radius 1 is 1.24 bits per heavy atom. The molecule has 0 aromatic carbocycles. The largest absolute Gasteiger partial charge is 0.361 e. The minimum absolute atomic E-state index is 0.474. The van der Waals surface area contributed by atoms with Crippen molar-refractivity contribution < 1.29 is 0 Å². The molecule has 0 aromatic rings. The van der Waals surface area contributed by atoms with Crippen LogP contribution in [0.1, 0.15) is 44.9 Å². The molecule has 4 rings (SSSR count). The standard InChI is InChI=1S/C17H27N3S/c1-2-13-12-20-9-8-14(13)10-16(20)11-18-17(21)19-15-6-4-3-5-7-15/h1,13-16H,3-12H2,(H2,18,19,21)/t13-,14+,16+/m0/s1. The van der Waals surface area contributed by atoms with Crippen LogP contribution >= 0.6 is 12.2 Å². The average molecular weight is 305 g/mol. The van der Waals surface area contributed by atoms with Crippen molar-refractivity contribution in [3.8, 4) is 12.3 Å². The maximum atomic E-state index is 5.64. The van der Waals surface area contributed by atoms with Gasteiger partial charge in [0.1, 0.15) is 0 Å². The molecule has 0 amide bonds. The summed E-state index contributed by atoms with van der Waals surface area (Å²) >= 11 is 5.46. The van der Waals surface area contributed by atoms with E-state index in [-0.39, 0.29) is 0 Å². The van der Waals surface area contributed by atoms with Crippen LogP contribution < -0.4 is 10.6 Å². The van der Waals surface area contributed by atoms with Gasteiger partial charge in [0, 0.05) is 31.1 Å². The van der Waals surface area contributed by atoms with Crippen molar-refractivity contribution in [3.05, 3.63) is 0 Å². The molecule has 0 spiro atoms. The lowest BCUT2D eigenvalue weighted by Crippen LogP contribution is -2.57. The normalized spacial score (nSPS) is 36.0. The fraction of sp³-hybridized carbons (Fsp3) is 0.824. The predicted octanol–water partition coefficient (Wildman–Crippen LogP) is 2.13. The number of hydrogen-bond donors (Lipinski definition) is 2. The summed E-state index contributed by atoms with van der Waals surface area (Å²) in [6.07, 6.45) is 14.7. The molecule has 3 saturated heterocycles. The summed E-state index contributed by atoms with van der Waals surface area (Å²) in [5.41, 5.74) is 0. The van der Waals surface area contributed by atoms with Gasteiger partial charge in [0.15, 0.2) is 5.11 Å². The van der Waals surface area contributed by atoms with Gasteiger partial charge < -0.3 is 10.6 Å². The lowest BCUT2D eigenvalue weighted by Gasteiger charge is -2.48. The molecule has 0 aromatic heterocycles. The van der Waals surface area contributed by atoms with Crippen molar-refractivity contribution in [2.24, 2.45) is 11.8 Å². The van der Waals surface area contributed by atoms with Crippen molar-refractivity contribution in [1.82, 2.24) is 15.5 Å². The van der Waals surface area contributed by atoms with Gasteiger partial charge >= 0.3 is 0 Å². The monoisotopic (exact) mass is 305 g/mol. The Morgan fingerprint density at radius 2 is 2.05 bits per heavy atom. The molecule has 0 radical (unpaired) electrons. The third-order valence-electron chi connectivity index (χ3n) is 5.53. The number of hydrogen-bond acceptors (Lipinski definition) is 2. The van der Waals surface area contributed by atoms with E-state index < -0.39 is 0 Å². The molecule has 116 valence electrons. The zero-order valence-electron chi connectivity index (χ0n) is 12.8. The molecule has 1 saturated carbocycles. The van der Waals surface area contributed by atoms with Crippen LogP contribution in [0.5, 0.6) is 0 Å². The summed E-state index contributed by atoms with van der Waals surface area (Å²) in [5, 5.41) is 7.78. The van der Waals surface area contributed by atoms with Gasteiger partial charge in [0.25, 0.3) is 0 Å². The van der Waals surface area contributed by atoms with Crippen LogP contribution in [0, 0.1) is 24.2 Å². The summed E-state index contributed by atoms with van der Waals surface area (Å²) in [7, 11) is 0. The van der Waals surface area contributed by atoms with E-state index in [0.717, 1.165) is 24.1 Å². The van der Waals surface area contributed by atoms with Crippen LogP contribution in [-0.2, 0) is 0 Å². The molecule has 4 aliphatic rings. The molecule has 2 bridgehead atoms. The summed E-state index contributed by atoms with van der Waals surface area (Å²) in [6.45, 7) is 3.25. The molecule has 4 atom stereocenters. The first kappa shape index (κ1) is 15.1. The fourth-order valence-corrected chi connectivity index (χ4v) is 4.48. The molecule has 4 fully saturated rings. The van der Waals surface area contributed by atoms with E-state index in [0.29, 0.717) is 18.0 Å². The highest BCUT2D eigenvalue weighted by molar-refractivity contribution is 7.80. The molecule has 2 N–H and O–H groups in total. The van der Waals surface area contributed by atoms with E-state index in [1.165, 1.54) is 51.5 Å². The average Bonchev–Trinajstić information content (AvgIpc) is 2.54. The summed E-state index contributed by atoms with van der Waals surface area (Å²) in [5.74, 6) is 4.18. The highest BCUT2D eigenvalue weighted by Crippen LogP contribution is 2.35. The quantitative estimate of drug-likeness (QED) is 0.617. The van der Waals surface area contributed by atoms with Crippen molar-refractivity contribution in [2.45, 2.75) is 57.0 Å². The topological polar surface area (TPSA) is 27.3 Å². The number of piperidine rings is 3. The van der Waals surface area contributed by atoms with E-state index in [9.17, 15) is 0 Å². The Hall–Kier alpha value is -0.790. The summed E-state index contributed by atoms with van der Waals surface area (Å²) in [4.78, 5) is 2.56. The molecular formula is C17H27N3S. The number of nitrogens with one attached hydrogen (secondary N) is 2. The highest BCUT2D eigenvalue weighted by Gasteiger charge is 2.39. The first-order valence-corrected chi connectivity index (χ1v) is 8.91. The lowest BCUT2D eigenvalue weighted by atomic mass is 9.76. The van der Waals surface area contributed by atoms with Crippen LogP contribution in [0.25, 0.3) is 0 Å². The van der Waals surface area contributed by atoms with E-state index in [4.69, 9.17) is 18.6 Å². The lowest BCUT2D eigenvalue weighted by molar-refractivity contribution is 0.0247. The SMILES string of the molecule is C#C[C@H]1CN2CC[C@@H]1C[C@@H]2CNC(=S)NC1CCCCC1. The number of fused-ring (bicyclic) bond motifs is 3. The van der Waals surface area contributed by atoms with Crippen LogP contribution in [0.4, 0.5) is 0 Å². The maximum Gasteiger partial charge on any atom is 0.166 e. The molecular weight excluding hydrogens is 278 g/mol. The van der Waals surface area contributed by atoms with E-state index in [2.05, 4.69) is 21.5 Å². The Balaban J connectivity index is 1.41. The third kappa shape index (κ3) is 3.70. The second kappa shape index (κ2) is 6.98. The minimum atomic E-state index is 0.474. The molecule has 21 heavy (non-hydrogen) atoms. The summed E-state index contributed by atoms with van der Waals surface area (Å²) < 4.78 is 0. The zero-order chi connectivity index (χ0) is 14.7. The van der Waals surface area contributed by atoms with Gasteiger partial charge in [0.05, 0.1) is 0 Å². The van der Waals surface area contributed by atoms with Crippen molar-refractivity contribution in [2.75, 3.05) is 19.6 Å². The predicted molar refractivity (Wildman–Crippen MR) is 91.0 cm³/mol. The molecule has 3 nitrogen and oxygen atoms in total. The molecule has 4 heteroatoms. The van der Waals surface area contributed by atoms with Gasteiger partial charge in [-0.05, 0) is 50.4 Å². The molecule has 1 unspecified atom stereocenters. The van der Waals surface area contributed by atoms with Crippen molar-refractivity contribution in [1.29, 1.82) is 0 Å². The number of rotatable bonds is 3. The second-order valence-electron chi connectivity index (χ2n) is 6.90. The van der Waals surface area contributed by atoms with Crippen LogP contribution in [0.15, 0.2) is 0 Å². The molecule has 3 aliphatic heterocycles. The summed E-state index contributed by atoms with van der Waals surface area (Å²) in [6, 6.07) is 1.20. The van der Waals surface area contributed by atoms with Gasteiger partial charge in [-0.25, -0.2) is 0 Å². The van der Waals surface area contributed by atoms with Crippen LogP contribution in [0.3, 0.4) is 0 Å². The fourth-order valence-electron chi connectivity index (χ4n) is 4.23. The molecule has 1 aliphatic carbocycles. The molecule has 3 heterocycles. The maximum absolute atomic E-state index is 5.64. The van der Waals surface area contributed by atoms with Gasteiger partial charge in [-0.2, -0.15) is 0 Å². The Kier molecular flexibility index (Phi) is 5.03. The Labute approximate surface area is 134 Å². The third-order valence-corrected chi connectivity index (χ3v) is 5.79. The Bertz CT molecular complexity index is 411. The first-order chi connectivity index (χ1) is 10.3. The van der Waals surface area contributed by atoms with Gasteiger partial charge in [-0.15, -0.1) is 12.3 Å². The first-order valence-electron chi connectivity index (χ1n) is 8.51.